The van der Waals surface area contributed by atoms with Gasteiger partial charge in [-0.05, 0) is 35.4 Å². The van der Waals surface area contributed by atoms with E-state index in [2.05, 4.69) is 0 Å². The molecule has 1 N–H and O–H groups in total. The highest BCUT2D eigenvalue weighted by Crippen LogP contribution is 2.45. The molecule has 134 valence electrons. The van der Waals surface area contributed by atoms with Crippen LogP contribution in [0.4, 0.5) is 32.0 Å². The van der Waals surface area contributed by atoms with Crippen molar-refractivity contribution < 1.29 is 36.4 Å². The summed E-state index contributed by atoms with van der Waals surface area (Å²) in [6.45, 7) is 0. The van der Waals surface area contributed by atoms with E-state index in [0.717, 1.165) is 12.1 Å². The Hall–Kier alpha value is -2.62. The average Bonchev–Trinajstić information content (AvgIpc) is 2.52. The van der Waals surface area contributed by atoms with Gasteiger partial charge in [-0.15, -0.1) is 0 Å². The van der Waals surface area contributed by atoms with E-state index < -0.39 is 45.3 Å². The summed E-state index contributed by atoms with van der Waals surface area (Å²) >= 11 is 0. The molecule has 2 aromatic rings. The predicted octanol–water partition coefficient (Wildman–Crippen LogP) is 4.41. The Balaban J connectivity index is 2.57. The molecule has 0 fully saturated rings. The number of hydrogen-bond acceptors (Lipinski definition) is 3. The SMILES string of the molecule is O=[N+]([O-])c1ccc(C(O)(c2ccc(C(F)(F)F)cc2)C(F)(F)F)cc1. The summed E-state index contributed by atoms with van der Waals surface area (Å²) in [6, 6.07) is 4.77. The number of alkyl halides is 6. The maximum Gasteiger partial charge on any atom is 0.425 e. The fourth-order valence-electron chi connectivity index (χ4n) is 2.22. The summed E-state index contributed by atoms with van der Waals surface area (Å²) in [5.74, 6) is 0. The second-order valence-corrected chi connectivity index (χ2v) is 5.09. The van der Waals surface area contributed by atoms with E-state index in [9.17, 15) is 41.6 Å². The molecule has 0 aliphatic heterocycles. The third-order valence-electron chi connectivity index (χ3n) is 3.54. The fourth-order valence-corrected chi connectivity index (χ4v) is 2.22. The van der Waals surface area contributed by atoms with E-state index in [1.54, 1.807) is 0 Å². The van der Waals surface area contributed by atoms with Crippen molar-refractivity contribution in [1.82, 2.24) is 0 Å². The number of nitro groups is 1. The van der Waals surface area contributed by atoms with Crippen LogP contribution in [0.15, 0.2) is 48.5 Å². The van der Waals surface area contributed by atoms with Crippen molar-refractivity contribution in [3.63, 3.8) is 0 Å². The van der Waals surface area contributed by atoms with Crippen LogP contribution in [0.25, 0.3) is 0 Å². The lowest BCUT2D eigenvalue weighted by molar-refractivity contribution is -0.384. The molecule has 0 aliphatic rings. The van der Waals surface area contributed by atoms with E-state index in [0.29, 0.717) is 36.4 Å². The summed E-state index contributed by atoms with van der Waals surface area (Å²) in [6.07, 6.45) is -10.0. The van der Waals surface area contributed by atoms with Crippen molar-refractivity contribution in [2.75, 3.05) is 0 Å². The smallest absolute Gasteiger partial charge is 0.372 e. The molecule has 25 heavy (non-hydrogen) atoms. The van der Waals surface area contributed by atoms with Crippen LogP contribution in [0.5, 0.6) is 0 Å². The highest BCUT2D eigenvalue weighted by molar-refractivity contribution is 5.43. The van der Waals surface area contributed by atoms with Gasteiger partial charge < -0.3 is 5.11 Å². The summed E-state index contributed by atoms with van der Waals surface area (Å²) in [4.78, 5) is 9.74. The first kappa shape index (κ1) is 18.7. The predicted molar refractivity (Wildman–Crippen MR) is 73.6 cm³/mol. The van der Waals surface area contributed by atoms with Gasteiger partial charge in [-0.1, -0.05) is 12.1 Å². The van der Waals surface area contributed by atoms with Gasteiger partial charge in [0.05, 0.1) is 10.5 Å². The Kier molecular flexibility index (Phi) is 4.51. The van der Waals surface area contributed by atoms with Gasteiger partial charge in [-0.2, -0.15) is 26.3 Å². The summed E-state index contributed by atoms with van der Waals surface area (Å²) in [5.41, 5.74) is -6.90. The van der Waals surface area contributed by atoms with Crippen LogP contribution in [0.3, 0.4) is 0 Å². The lowest BCUT2D eigenvalue weighted by atomic mass is 9.85. The van der Waals surface area contributed by atoms with Crippen LogP contribution in [-0.2, 0) is 11.8 Å². The number of hydrogen-bond donors (Lipinski definition) is 1. The van der Waals surface area contributed by atoms with Gasteiger partial charge in [-0.3, -0.25) is 10.1 Å². The zero-order valence-electron chi connectivity index (χ0n) is 12.1. The first-order valence-corrected chi connectivity index (χ1v) is 6.59. The molecule has 1 atom stereocenters. The van der Waals surface area contributed by atoms with Crippen molar-refractivity contribution in [2.45, 2.75) is 18.0 Å². The minimum absolute atomic E-state index is 0.414. The van der Waals surface area contributed by atoms with Gasteiger partial charge in [0.15, 0.2) is 0 Å². The number of nitro benzene ring substituents is 1. The van der Waals surface area contributed by atoms with Gasteiger partial charge >= 0.3 is 12.4 Å². The lowest BCUT2D eigenvalue weighted by Gasteiger charge is -2.31. The molecule has 0 saturated heterocycles. The van der Waals surface area contributed by atoms with Crippen molar-refractivity contribution in [3.8, 4) is 0 Å². The molecular weight excluding hydrogens is 356 g/mol. The third kappa shape index (κ3) is 3.43. The second kappa shape index (κ2) is 6.03. The van der Waals surface area contributed by atoms with Crippen molar-refractivity contribution in [1.29, 1.82) is 0 Å². The van der Waals surface area contributed by atoms with Crippen LogP contribution in [0.2, 0.25) is 0 Å². The zero-order valence-corrected chi connectivity index (χ0v) is 12.1. The molecule has 0 aromatic heterocycles. The number of nitrogens with zero attached hydrogens (tertiary/aromatic N) is 1. The molecule has 0 spiro atoms. The monoisotopic (exact) mass is 365 g/mol. The summed E-state index contributed by atoms with van der Waals surface area (Å²) in [5, 5.41) is 20.8. The first-order chi connectivity index (χ1) is 11.4. The molecule has 0 radical (unpaired) electrons. The van der Waals surface area contributed by atoms with Gasteiger partial charge in [-0.25, -0.2) is 0 Å². The number of aliphatic hydroxyl groups is 1. The van der Waals surface area contributed by atoms with Gasteiger partial charge in [0.25, 0.3) is 5.69 Å². The van der Waals surface area contributed by atoms with Crippen molar-refractivity contribution >= 4 is 5.69 Å². The fraction of sp³-hybridized carbons (Fsp3) is 0.200. The molecule has 10 heteroatoms. The Morgan fingerprint density at radius 2 is 1.12 bits per heavy atom. The highest BCUT2D eigenvalue weighted by atomic mass is 19.4. The molecule has 0 aliphatic carbocycles. The number of non-ortho nitro benzene ring substituents is 1. The van der Waals surface area contributed by atoms with Gasteiger partial charge in [0.1, 0.15) is 0 Å². The maximum absolute atomic E-state index is 13.5. The number of rotatable bonds is 3. The quantitative estimate of drug-likeness (QED) is 0.498. The first-order valence-electron chi connectivity index (χ1n) is 6.59. The average molecular weight is 365 g/mol. The molecule has 0 amide bonds. The molecule has 4 nitrogen and oxygen atoms in total. The number of benzene rings is 2. The minimum Gasteiger partial charge on any atom is -0.372 e. The lowest BCUT2D eigenvalue weighted by Crippen LogP contribution is -2.43. The topological polar surface area (TPSA) is 63.4 Å². The molecule has 2 rings (SSSR count). The molecule has 1 unspecified atom stereocenters. The Labute approximate surface area is 136 Å². The molecular formula is C15H9F6NO3. The largest absolute Gasteiger partial charge is 0.425 e. The van der Waals surface area contributed by atoms with Crippen molar-refractivity contribution in [3.05, 3.63) is 75.3 Å². The van der Waals surface area contributed by atoms with E-state index in [1.165, 1.54) is 0 Å². The van der Waals surface area contributed by atoms with Gasteiger partial charge in [0, 0.05) is 12.1 Å². The number of halogens is 6. The molecule has 0 heterocycles. The zero-order chi connectivity index (χ0) is 19.0. The van der Waals surface area contributed by atoms with Crippen LogP contribution in [-0.4, -0.2) is 16.2 Å². The third-order valence-corrected chi connectivity index (χ3v) is 3.54. The van der Waals surface area contributed by atoms with Crippen LogP contribution in [0, 0.1) is 10.1 Å². The van der Waals surface area contributed by atoms with Crippen LogP contribution < -0.4 is 0 Å². The summed E-state index contributed by atoms with van der Waals surface area (Å²) in [7, 11) is 0. The highest BCUT2D eigenvalue weighted by Gasteiger charge is 2.56. The molecule has 0 bridgehead atoms. The van der Waals surface area contributed by atoms with Crippen LogP contribution in [0.1, 0.15) is 16.7 Å². The normalized spacial score (nSPS) is 14.8. The van der Waals surface area contributed by atoms with Gasteiger partial charge in [0.2, 0.25) is 5.60 Å². The van der Waals surface area contributed by atoms with E-state index in [-0.39, 0.29) is 0 Å². The molecule has 0 saturated carbocycles. The Bertz CT molecular complexity index is 768. The van der Waals surface area contributed by atoms with Crippen molar-refractivity contribution in [2.24, 2.45) is 0 Å². The van der Waals surface area contributed by atoms with E-state index >= 15 is 0 Å². The Morgan fingerprint density at radius 3 is 1.44 bits per heavy atom. The maximum atomic E-state index is 13.5. The van der Waals surface area contributed by atoms with E-state index in [4.69, 9.17) is 0 Å². The molecule has 2 aromatic carbocycles. The van der Waals surface area contributed by atoms with Crippen LogP contribution >= 0.6 is 0 Å². The second-order valence-electron chi connectivity index (χ2n) is 5.09. The Morgan fingerprint density at radius 1 is 0.760 bits per heavy atom. The van der Waals surface area contributed by atoms with E-state index in [1.807, 2.05) is 0 Å². The minimum atomic E-state index is -5.27. The standard InChI is InChI=1S/C15H9F6NO3/c16-14(17,18)11-3-1-9(2-4-11)13(23,15(19,20)21)10-5-7-12(8-6-10)22(24)25/h1-8,23H. The summed E-state index contributed by atoms with van der Waals surface area (Å²) < 4.78 is 78.0.